The molecule has 0 aliphatic heterocycles. The van der Waals surface area contributed by atoms with E-state index in [1.807, 2.05) is 0 Å². The van der Waals surface area contributed by atoms with Crippen LogP contribution in [0, 0.1) is 0 Å². The van der Waals surface area contributed by atoms with Crippen molar-refractivity contribution in [3.05, 3.63) is 71.5 Å². The van der Waals surface area contributed by atoms with E-state index >= 15 is 0 Å². The highest BCUT2D eigenvalue weighted by atomic mass is 15.0. The fraction of sp³-hybridized carbons (Fsp3) is 0.385. The van der Waals surface area contributed by atoms with Gasteiger partial charge >= 0.3 is 0 Å². The van der Waals surface area contributed by atoms with Crippen LogP contribution in [0.4, 0.5) is 0 Å². The van der Waals surface area contributed by atoms with E-state index in [-0.39, 0.29) is 10.8 Å². The molecule has 2 heteroatoms. The summed E-state index contributed by atoms with van der Waals surface area (Å²) in [5.74, 6) is 0. The number of aromatic nitrogens is 2. The lowest BCUT2D eigenvalue weighted by atomic mass is 9.78. The van der Waals surface area contributed by atoms with Gasteiger partial charge in [0.1, 0.15) is 0 Å². The predicted octanol–water partition coefficient (Wildman–Crippen LogP) is 6.49. The van der Waals surface area contributed by atoms with Gasteiger partial charge in [0.05, 0.1) is 5.52 Å². The van der Waals surface area contributed by atoms with Gasteiger partial charge in [-0.15, -0.1) is 0 Å². The highest BCUT2D eigenvalue weighted by Crippen LogP contribution is 2.37. The first kappa shape index (κ1) is 18.9. The maximum absolute atomic E-state index is 2.41. The molecule has 0 N–H and O–H groups in total. The van der Waals surface area contributed by atoms with Gasteiger partial charge in [-0.3, -0.25) is 0 Å². The van der Waals surface area contributed by atoms with Gasteiger partial charge < -0.3 is 9.13 Å². The van der Waals surface area contributed by atoms with E-state index in [1.165, 1.54) is 38.6 Å². The van der Waals surface area contributed by atoms with Crippen molar-refractivity contribution >= 4 is 21.8 Å². The lowest BCUT2D eigenvalue weighted by Crippen LogP contribution is -2.21. The molecule has 2 aromatic carbocycles. The normalized spacial score (nSPS) is 13.0. The van der Waals surface area contributed by atoms with E-state index < -0.39 is 0 Å². The number of rotatable bonds is 3. The average molecular weight is 373 g/mol. The summed E-state index contributed by atoms with van der Waals surface area (Å²) >= 11 is 0. The molecule has 0 aliphatic carbocycles. The Kier molecular flexibility index (Phi) is 4.22. The van der Waals surface area contributed by atoms with Crippen LogP contribution >= 0.6 is 0 Å². The molecule has 0 fully saturated rings. The molecule has 0 atom stereocenters. The molecule has 0 saturated carbocycles. The van der Waals surface area contributed by atoms with Gasteiger partial charge in [-0.05, 0) is 35.1 Å². The Labute approximate surface area is 168 Å². The zero-order chi connectivity index (χ0) is 20.3. The molecule has 28 heavy (non-hydrogen) atoms. The average Bonchev–Trinajstić information content (AvgIpc) is 3.14. The predicted molar refractivity (Wildman–Crippen MR) is 121 cm³/mol. The summed E-state index contributed by atoms with van der Waals surface area (Å²) < 4.78 is 4.66. The van der Waals surface area contributed by atoms with E-state index in [4.69, 9.17) is 0 Å². The summed E-state index contributed by atoms with van der Waals surface area (Å²) in [5, 5.41) is 2.71. The molecular weight excluding hydrogens is 340 g/mol. The smallest absolute Gasteiger partial charge is 0.0512 e. The van der Waals surface area contributed by atoms with Crippen molar-refractivity contribution in [3.63, 3.8) is 0 Å². The number of nitrogens with zero attached hydrogens (tertiary/aromatic N) is 2. The van der Waals surface area contributed by atoms with Crippen molar-refractivity contribution in [1.82, 2.24) is 9.13 Å². The molecule has 0 radical (unpaired) electrons. The van der Waals surface area contributed by atoms with E-state index in [0.717, 1.165) is 6.42 Å². The fourth-order valence-electron chi connectivity index (χ4n) is 4.82. The summed E-state index contributed by atoms with van der Waals surface area (Å²) in [6.45, 7) is 11.6. The zero-order valence-corrected chi connectivity index (χ0v) is 18.3. The Bertz CT molecular complexity index is 1160. The number of hydrogen-bond donors (Lipinski definition) is 0. The first-order chi connectivity index (χ1) is 13.1. The molecule has 2 heterocycles. The zero-order valence-electron chi connectivity index (χ0n) is 18.3. The number of hydrogen-bond acceptors (Lipinski definition) is 0. The number of benzene rings is 2. The van der Waals surface area contributed by atoms with Crippen molar-refractivity contribution in [2.45, 2.75) is 51.9 Å². The molecule has 0 spiro atoms. The standard InChI is InChI=1S/C26H32N2/c1-25(2,3)23-15-18-11-10-12-19(24(18)28(23)7)16-26(4,5)21-17-27(6)22-14-9-8-13-20(21)22/h8-15,17H,16H2,1-7H3. The minimum absolute atomic E-state index is 0.0430. The molecule has 146 valence electrons. The largest absolute Gasteiger partial charge is 0.350 e. The van der Waals surface area contributed by atoms with Crippen molar-refractivity contribution < 1.29 is 0 Å². The second-order valence-electron chi connectivity index (χ2n) is 9.93. The van der Waals surface area contributed by atoms with E-state index in [1.54, 1.807) is 0 Å². The minimum atomic E-state index is 0.0430. The summed E-state index contributed by atoms with van der Waals surface area (Å²) in [6, 6.07) is 17.9. The van der Waals surface area contributed by atoms with Gasteiger partial charge in [0.25, 0.3) is 0 Å². The van der Waals surface area contributed by atoms with Crippen molar-refractivity contribution in [2.24, 2.45) is 14.1 Å². The quantitative estimate of drug-likeness (QED) is 0.389. The maximum atomic E-state index is 2.41. The second-order valence-corrected chi connectivity index (χ2v) is 9.93. The van der Waals surface area contributed by atoms with Crippen LogP contribution in [0.15, 0.2) is 54.7 Å². The van der Waals surface area contributed by atoms with Gasteiger partial charge in [-0.1, -0.05) is 71.0 Å². The second kappa shape index (κ2) is 6.27. The molecule has 0 saturated heterocycles. The summed E-state index contributed by atoms with van der Waals surface area (Å²) in [7, 11) is 4.37. The van der Waals surface area contributed by atoms with E-state index in [9.17, 15) is 0 Å². The summed E-state index contributed by atoms with van der Waals surface area (Å²) in [4.78, 5) is 0. The van der Waals surface area contributed by atoms with Crippen LogP contribution in [0.2, 0.25) is 0 Å². The lowest BCUT2D eigenvalue weighted by molar-refractivity contribution is 0.524. The molecule has 2 aromatic heterocycles. The van der Waals surface area contributed by atoms with Crippen LogP contribution < -0.4 is 0 Å². The third-order valence-corrected chi connectivity index (χ3v) is 6.17. The Morgan fingerprint density at radius 3 is 2.29 bits per heavy atom. The highest BCUT2D eigenvalue weighted by Gasteiger charge is 2.27. The first-order valence-corrected chi connectivity index (χ1v) is 10.2. The topological polar surface area (TPSA) is 9.86 Å². The lowest BCUT2D eigenvalue weighted by Gasteiger charge is -2.26. The van der Waals surface area contributed by atoms with Gasteiger partial charge in [0.15, 0.2) is 0 Å². The van der Waals surface area contributed by atoms with Gasteiger partial charge in [-0.2, -0.15) is 0 Å². The van der Waals surface area contributed by atoms with E-state index in [2.05, 4.69) is 113 Å². The van der Waals surface area contributed by atoms with Crippen LogP contribution in [0.1, 0.15) is 51.4 Å². The fourth-order valence-corrected chi connectivity index (χ4v) is 4.82. The molecule has 0 aliphatic rings. The first-order valence-electron chi connectivity index (χ1n) is 10.2. The van der Waals surface area contributed by atoms with Crippen molar-refractivity contribution in [2.75, 3.05) is 0 Å². The Hall–Kier alpha value is -2.48. The van der Waals surface area contributed by atoms with Gasteiger partial charge in [-0.25, -0.2) is 0 Å². The van der Waals surface area contributed by atoms with E-state index in [0.29, 0.717) is 0 Å². The monoisotopic (exact) mass is 372 g/mol. The van der Waals surface area contributed by atoms with Crippen LogP contribution in [-0.2, 0) is 31.3 Å². The molecule has 2 nitrogen and oxygen atoms in total. The minimum Gasteiger partial charge on any atom is -0.350 e. The molecular formula is C26H32N2. The number of para-hydroxylation sites is 2. The number of fused-ring (bicyclic) bond motifs is 2. The third-order valence-electron chi connectivity index (χ3n) is 6.17. The van der Waals surface area contributed by atoms with Crippen LogP contribution in [0.25, 0.3) is 21.8 Å². The van der Waals surface area contributed by atoms with Gasteiger partial charge in [0, 0.05) is 47.7 Å². The van der Waals surface area contributed by atoms with Gasteiger partial charge in [0.2, 0.25) is 0 Å². The van der Waals surface area contributed by atoms with Crippen molar-refractivity contribution in [1.29, 1.82) is 0 Å². The molecule has 0 bridgehead atoms. The summed E-state index contributed by atoms with van der Waals surface area (Å²) in [6.07, 6.45) is 3.33. The Morgan fingerprint density at radius 2 is 1.57 bits per heavy atom. The van der Waals surface area contributed by atoms with Crippen LogP contribution in [-0.4, -0.2) is 9.13 Å². The maximum Gasteiger partial charge on any atom is 0.0512 e. The number of aryl methyl sites for hydroxylation is 2. The molecule has 4 aromatic rings. The molecule has 0 amide bonds. The SMILES string of the molecule is Cn1cc(C(C)(C)Cc2cccc3cc(C(C)(C)C)n(C)c23)c2ccccc21. The van der Waals surface area contributed by atoms with Crippen LogP contribution in [0.3, 0.4) is 0 Å². The summed E-state index contributed by atoms with van der Waals surface area (Å²) in [5.41, 5.74) is 7.09. The van der Waals surface area contributed by atoms with Crippen LogP contribution in [0.5, 0.6) is 0 Å². The molecule has 4 rings (SSSR count). The van der Waals surface area contributed by atoms with Crippen molar-refractivity contribution in [3.8, 4) is 0 Å². The molecule has 0 unspecified atom stereocenters. The third kappa shape index (κ3) is 2.96. The Balaban J connectivity index is 1.84. The Morgan fingerprint density at radius 1 is 0.857 bits per heavy atom. The highest BCUT2D eigenvalue weighted by molar-refractivity contribution is 5.87.